The van der Waals surface area contributed by atoms with Gasteiger partial charge in [0.15, 0.2) is 0 Å². The average Bonchev–Trinajstić information content (AvgIpc) is 3.75. The number of benzene rings is 2. The molecule has 346 valence electrons. The van der Waals surface area contributed by atoms with Crippen LogP contribution >= 0.6 is 0 Å². The van der Waals surface area contributed by atoms with Crippen LogP contribution in [0.15, 0.2) is 48.5 Å². The van der Waals surface area contributed by atoms with Crippen molar-refractivity contribution < 1.29 is 53.3 Å². The number of rotatable bonds is 25. The number of aromatic hydroxyl groups is 2. The number of methoxy groups -OCH3 is 1. The van der Waals surface area contributed by atoms with Gasteiger partial charge in [0, 0.05) is 25.8 Å². The van der Waals surface area contributed by atoms with Gasteiger partial charge in [0.05, 0.1) is 19.7 Å². The van der Waals surface area contributed by atoms with Crippen molar-refractivity contribution in [2.75, 3.05) is 26.7 Å². The second kappa shape index (κ2) is 25.6. The lowest BCUT2D eigenvalue weighted by molar-refractivity contribution is -0.145. The molecule has 0 radical (unpaired) electrons. The van der Waals surface area contributed by atoms with Gasteiger partial charge in [-0.25, -0.2) is 4.79 Å². The Kier molecular flexibility index (Phi) is 20.8. The zero-order chi connectivity index (χ0) is 46.6. The van der Waals surface area contributed by atoms with Crippen LogP contribution in [0.2, 0.25) is 0 Å². The predicted molar refractivity (Wildman–Crippen MR) is 230 cm³/mol. The van der Waals surface area contributed by atoms with Gasteiger partial charge in [-0.1, -0.05) is 44.5 Å². The molecule has 20 nitrogen and oxygen atoms in total. The number of amides is 7. The van der Waals surface area contributed by atoms with Crippen LogP contribution in [0.25, 0.3) is 0 Å². The fourth-order valence-corrected chi connectivity index (χ4v) is 6.99. The van der Waals surface area contributed by atoms with Gasteiger partial charge in [0.1, 0.15) is 41.7 Å². The molecule has 2 aromatic carbocycles. The van der Waals surface area contributed by atoms with Gasteiger partial charge in [-0.15, -0.1) is 0 Å². The number of ether oxygens (including phenoxy) is 1. The molecule has 20 heteroatoms. The van der Waals surface area contributed by atoms with Crippen molar-refractivity contribution in [3.8, 4) is 11.5 Å². The summed E-state index contributed by atoms with van der Waals surface area (Å²) in [6.45, 7) is 3.72. The van der Waals surface area contributed by atoms with Crippen LogP contribution in [0.3, 0.4) is 0 Å². The number of phenols is 2. The Hall–Kier alpha value is -6.28. The summed E-state index contributed by atoms with van der Waals surface area (Å²) in [6, 6.07) is 5.21. The maximum Gasteiger partial charge on any atom is 0.328 e. The van der Waals surface area contributed by atoms with Crippen molar-refractivity contribution >= 4 is 47.3 Å². The zero-order valence-corrected chi connectivity index (χ0v) is 36.1. The Morgan fingerprint density at radius 2 is 1.30 bits per heavy atom. The highest BCUT2D eigenvalue weighted by molar-refractivity contribution is 5.96. The fraction of sp³-hybridized carbons (Fsp3) is 0.535. The van der Waals surface area contributed by atoms with Gasteiger partial charge >= 0.3 is 5.97 Å². The minimum atomic E-state index is -1.34. The largest absolute Gasteiger partial charge is 0.508 e. The molecule has 3 rings (SSSR count). The number of nitrogens with zero attached hydrogens (tertiary/aromatic N) is 1. The third-order valence-corrected chi connectivity index (χ3v) is 10.4. The smallest absolute Gasteiger partial charge is 0.328 e. The highest BCUT2D eigenvalue weighted by Crippen LogP contribution is 2.19. The molecule has 0 aliphatic carbocycles. The molecule has 0 bridgehead atoms. The van der Waals surface area contributed by atoms with E-state index >= 15 is 0 Å². The number of esters is 1. The topological polar surface area (TPSA) is 328 Å². The minimum Gasteiger partial charge on any atom is -0.508 e. The molecule has 1 fully saturated rings. The summed E-state index contributed by atoms with van der Waals surface area (Å²) in [5.41, 5.74) is 18.2. The lowest BCUT2D eigenvalue weighted by atomic mass is 10.0. The number of likely N-dealkylation sites (tertiary alicyclic amines) is 1. The molecule has 63 heavy (non-hydrogen) atoms. The second-order valence-electron chi connectivity index (χ2n) is 16.0. The molecule has 6 atom stereocenters. The molecule has 0 spiro atoms. The first-order valence-electron chi connectivity index (χ1n) is 21.1. The Bertz CT molecular complexity index is 1880. The van der Waals surface area contributed by atoms with Gasteiger partial charge in [-0.2, -0.15) is 0 Å². The van der Waals surface area contributed by atoms with Gasteiger partial charge in [-0.05, 0) is 86.4 Å². The summed E-state index contributed by atoms with van der Waals surface area (Å²) in [5, 5.41) is 32.5. The van der Waals surface area contributed by atoms with Gasteiger partial charge in [0.2, 0.25) is 41.4 Å². The number of primary amides is 1. The first-order valence-corrected chi connectivity index (χ1v) is 21.1. The van der Waals surface area contributed by atoms with Crippen LogP contribution in [0.5, 0.6) is 11.5 Å². The number of unbranched alkanes of at least 4 members (excludes halogenated alkanes) is 1. The van der Waals surface area contributed by atoms with E-state index < -0.39 is 90.1 Å². The lowest BCUT2D eigenvalue weighted by Gasteiger charge is -2.28. The first-order chi connectivity index (χ1) is 29.9. The van der Waals surface area contributed by atoms with Crippen molar-refractivity contribution in [3.63, 3.8) is 0 Å². The number of phenolic OH excluding ortho intramolecular Hbond substituents is 2. The number of hydrogen-bond donors (Lipinski definition) is 10. The molecule has 1 aliphatic rings. The number of hydrogen-bond acceptors (Lipinski definition) is 13. The van der Waals surface area contributed by atoms with E-state index in [-0.39, 0.29) is 62.5 Å². The van der Waals surface area contributed by atoms with Crippen molar-refractivity contribution in [2.24, 2.45) is 23.1 Å². The van der Waals surface area contributed by atoms with Crippen molar-refractivity contribution in [1.82, 2.24) is 31.5 Å². The highest BCUT2D eigenvalue weighted by atomic mass is 16.5. The van der Waals surface area contributed by atoms with Crippen molar-refractivity contribution in [3.05, 3.63) is 59.7 Å². The minimum absolute atomic E-state index is 0.000266. The van der Waals surface area contributed by atoms with E-state index in [4.69, 9.17) is 21.9 Å². The molecule has 1 heterocycles. The van der Waals surface area contributed by atoms with Crippen LogP contribution in [0, 0.1) is 5.92 Å². The zero-order valence-electron chi connectivity index (χ0n) is 36.1. The van der Waals surface area contributed by atoms with E-state index in [1.54, 1.807) is 24.3 Å². The molecule has 1 aliphatic heterocycles. The number of carbonyl (C=O) groups is 8. The highest BCUT2D eigenvalue weighted by Gasteiger charge is 2.37. The first kappa shape index (κ1) is 51.1. The van der Waals surface area contributed by atoms with Gasteiger partial charge in [0.25, 0.3) is 0 Å². The lowest BCUT2D eigenvalue weighted by Crippen LogP contribution is -2.58. The van der Waals surface area contributed by atoms with E-state index in [0.29, 0.717) is 43.4 Å². The Labute approximate surface area is 366 Å². The standard InChI is InChI=1S/C43H63N9O11/c1-25(2)21-32(50-41(60)33(22-26-9-13-28(53)14-10-26)49-38(57)30(45)7-4-5-19-44)39(58)47-24-37(56)52-20-6-8-35(52)42(61)48-31(17-18-36(46)55)40(59)51-34(43(62)63-3)23-27-11-15-29(54)16-12-27/h9-16,25,30-35,53-54H,4-8,17-24,44-45H2,1-3H3,(H2,46,55)(H,47,58)(H,48,61)(H,49,57)(H,50,60)(H,51,59). The molecule has 7 amide bonds. The third kappa shape index (κ3) is 17.2. The van der Waals surface area contributed by atoms with Crippen LogP contribution in [-0.2, 0) is 55.9 Å². The van der Waals surface area contributed by atoms with Crippen LogP contribution in [0.4, 0.5) is 0 Å². The normalized spacial score (nSPS) is 15.8. The van der Waals surface area contributed by atoms with Crippen LogP contribution in [0.1, 0.15) is 76.3 Å². The third-order valence-electron chi connectivity index (χ3n) is 10.4. The van der Waals surface area contributed by atoms with Gasteiger partial charge in [-0.3, -0.25) is 33.6 Å². The van der Waals surface area contributed by atoms with E-state index in [2.05, 4.69) is 26.6 Å². The molecular weight excluding hydrogens is 819 g/mol. The molecule has 0 aromatic heterocycles. The molecule has 1 saturated heterocycles. The summed E-state index contributed by atoms with van der Waals surface area (Å²) in [5.74, 6) is -5.68. The summed E-state index contributed by atoms with van der Waals surface area (Å²) in [4.78, 5) is 107. The maximum absolute atomic E-state index is 13.8. The predicted octanol–water partition coefficient (Wildman–Crippen LogP) is -1.13. The van der Waals surface area contributed by atoms with E-state index in [0.717, 1.165) is 7.11 Å². The molecule has 13 N–H and O–H groups in total. The summed E-state index contributed by atoms with van der Waals surface area (Å²) in [6.07, 6.45) is 1.90. The van der Waals surface area contributed by atoms with E-state index in [1.807, 2.05) is 13.8 Å². The fourth-order valence-electron chi connectivity index (χ4n) is 6.99. The molecule has 0 saturated carbocycles. The van der Waals surface area contributed by atoms with Gasteiger partial charge < -0.3 is 63.6 Å². The molecular formula is C43H63N9O11. The molecule has 2 aromatic rings. The average molecular weight is 882 g/mol. The SMILES string of the molecule is COC(=O)C(Cc1ccc(O)cc1)NC(=O)C(CCC(N)=O)NC(=O)C1CCCN1C(=O)CNC(=O)C(CC(C)C)NC(=O)C(Cc1ccc(O)cc1)NC(=O)C(N)CCCCN. The summed E-state index contributed by atoms with van der Waals surface area (Å²) < 4.78 is 4.86. The second-order valence-corrected chi connectivity index (χ2v) is 16.0. The van der Waals surface area contributed by atoms with Crippen molar-refractivity contribution in [1.29, 1.82) is 0 Å². The van der Waals surface area contributed by atoms with Crippen molar-refractivity contribution in [2.45, 2.75) is 114 Å². The Morgan fingerprint density at radius 1 is 0.746 bits per heavy atom. The number of carbonyl (C=O) groups excluding carboxylic acids is 8. The van der Waals surface area contributed by atoms with E-state index in [1.165, 1.54) is 29.2 Å². The summed E-state index contributed by atoms with van der Waals surface area (Å²) >= 11 is 0. The number of nitrogens with one attached hydrogen (secondary N) is 5. The molecule has 6 unspecified atom stereocenters. The van der Waals surface area contributed by atoms with Crippen LogP contribution in [-0.4, -0.2) is 125 Å². The Morgan fingerprint density at radius 3 is 1.86 bits per heavy atom. The van der Waals surface area contributed by atoms with E-state index in [9.17, 15) is 48.6 Å². The quantitative estimate of drug-likeness (QED) is 0.0418. The maximum atomic E-state index is 13.8. The monoisotopic (exact) mass is 881 g/mol. The summed E-state index contributed by atoms with van der Waals surface area (Å²) in [7, 11) is 1.14. The number of nitrogens with two attached hydrogens (primary N) is 3. The van der Waals surface area contributed by atoms with Crippen LogP contribution < -0.4 is 43.8 Å². The Balaban J connectivity index is 1.70.